The van der Waals surface area contributed by atoms with E-state index >= 15 is 0 Å². The van der Waals surface area contributed by atoms with Gasteiger partial charge >= 0.3 is 0 Å². The van der Waals surface area contributed by atoms with E-state index in [1.165, 1.54) is 49.4 Å². The Bertz CT molecular complexity index is 4250. The van der Waals surface area contributed by atoms with E-state index < -0.39 is 0 Å². The first-order chi connectivity index (χ1) is 41.2. The summed E-state index contributed by atoms with van der Waals surface area (Å²) in [5, 5.41) is 80.0. The summed E-state index contributed by atoms with van der Waals surface area (Å²) in [7, 11) is 0. The Morgan fingerprint density at radius 3 is 0.761 bits per heavy atom. The molecule has 0 aliphatic heterocycles. The summed E-state index contributed by atoms with van der Waals surface area (Å²) in [6, 6.07) is 56.0. The second-order valence-corrected chi connectivity index (χ2v) is 27.3. The molecule has 88 heavy (non-hydrogen) atoms. The van der Waals surface area contributed by atoms with Crippen LogP contribution in [0.2, 0.25) is 0 Å². The lowest BCUT2D eigenvalue weighted by Gasteiger charge is -2.24. The molecule has 462 valence electrons. The molecule has 11 aromatic rings. The predicted octanol–water partition coefficient (Wildman–Crippen LogP) is 22.3. The van der Waals surface area contributed by atoms with Crippen LogP contribution in [0.5, 0.6) is 40.2 Å². The van der Waals surface area contributed by atoms with Gasteiger partial charge in [-0.3, -0.25) is 0 Å². The van der Waals surface area contributed by atoms with Crippen molar-refractivity contribution in [3.8, 4) is 40.2 Å². The fourth-order valence-electron chi connectivity index (χ4n) is 10.6. The van der Waals surface area contributed by atoms with E-state index in [4.69, 9.17) is 0 Å². The molecule has 0 atom stereocenters. The molecule has 0 bridgehead atoms. The molecule has 0 saturated heterocycles. The maximum atomic E-state index is 9.67. The van der Waals surface area contributed by atoms with E-state index in [1.54, 1.807) is 42.5 Å². The maximum absolute atomic E-state index is 9.67. The van der Waals surface area contributed by atoms with E-state index in [2.05, 4.69) is 201 Å². The second kappa shape index (κ2) is 26.9. The molecule has 7 N–H and O–H groups in total. The number of phenolic OH excluding ortho intramolecular Hbond substituents is 7. The van der Waals surface area contributed by atoms with Crippen LogP contribution >= 0.6 is 0 Å². The zero-order valence-electron chi connectivity index (χ0n) is 55.3. The maximum Gasteiger partial charge on any atom is 0.158 e. The summed E-state index contributed by atoms with van der Waals surface area (Å²) in [5.74, 6) is 0.790. The van der Waals surface area contributed by atoms with Crippen molar-refractivity contribution in [2.75, 3.05) is 0 Å². The third kappa shape index (κ3) is 15.6. The molecule has 0 fully saturated rings. The Labute approximate surface area is 523 Å². The van der Waals surface area contributed by atoms with Crippen LogP contribution < -0.4 is 0 Å². The number of rotatable bonds is 10. The Balaban J connectivity index is 0.000000158. The fraction of sp³-hybridized carbons (Fsp3) is 0.333. The Morgan fingerprint density at radius 1 is 0.227 bits per heavy atom. The van der Waals surface area contributed by atoms with Gasteiger partial charge in [0.05, 0.1) is 0 Å². The van der Waals surface area contributed by atoms with Crippen molar-refractivity contribution in [1.82, 2.24) is 0 Å². The third-order valence-corrected chi connectivity index (χ3v) is 19.2. The Morgan fingerprint density at radius 2 is 0.432 bits per heavy atom. The Hall–Kier alpha value is -8.42. The van der Waals surface area contributed by atoms with E-state index in [-0.39, 0.29) is 50.1 Å². The van der Waals surface area contributed by atoms with Gasteiger partial charge in [0.15, 0.2) is 23.0 Å². The molecular formula is C81H96O7. The van der Waals surface area contributed by atoms with Crippen molar-refractivity contribution in [2.45, 2.75) is 177 Å². The van der Waals surface area contributed by atoms with Gasteiger partial charge in [-0.1, -0.05) is 201 Å². The van der Waals surface area contributed by atoms with Crippen LogP contribution in [0, 0.1) is 13.8 Å². The quantitative estimate of drug-likeness (QED) is 0.0534. The van der Waals surface area contributed by atoms with E-state index in [0.29, 0.717) is 17.2 Å². The minimum Gasteiger partial charge on any atom is -0.508 e. The number of benzene rings is 11. The molecule has 0 aliphatic carbocycles. The molecule has 7 nitrogen and oxygen atoms in total. The average Bonchev–Trinajstić information content (AvgIpc) is 0.990. The van der Waals surface area contributed by atoms with Crippen molar-refractivity contribution < 1.29 is 35.7 Å². The van der Waals surface area contributed by atoms with Crippen LogP contribution in [0.3, 0.4) is 0 Å². The van der Waals surface area contributed by atoms with Gasteiger partial charge in [0, 0.05) is 0 Å². The van der Waals surface area contributed by atoms with Crippen molar-refractivity contribution >= 4 is 64.6 Å². The molecule has 0 radical (unpaired) electrons. The standard InChI is InChI=1S/C19H20O2.C19H20O.C15H18O2.C15H18O.C13H20O/c1-4-19(2,3)16-6-5-12-7-14-10-17(20)18(21)11-15(14)8-13(12)9-16;1-4-19(2,3)17-7-5-13-10-16-12-18(20)8-6-14(16)9-15(13)11-17;1-4-15(2,3)12-6-5-10-8-13(16)14(17)9-11(10)7-12;1-4-15(2,3)13-7-5-12-10-14(16)8-6-11(12)9-13;1-6-13(4,5)11-7-9(2)12(14)10(3)8-11/h5-11,20-21H,4H2,1-3H3;5-12,20H,4H2,1-3H3;5-9,16-17H,4H2,1-3H3;5-10,16H,4H2,1-3H3;7-8,14H,6H2,1-5H3. The second-order valence-electron chi connectivity index (χ2n) is 27.3. The Kier molecular flexibility index (Phi) is 20.5. The fourth-order valence-corrected chi connectivity index (χ4v) is 10.6. The number of hydrogen-bond acceptors (Lipinski definition) is 7. The van der Waals surface area contributed by atoms with E-state index in [9.17, 15) is 35.7 Å². The first-order valence-corrected chi connectivity index (χ1v) is 31.3. The molecule has 7 heteroatoms. The van der Waals surface area contributed by atoms with Gasteiger partial charge < -0.3 is 35.7 Å². The van der Waals surface area contributed by atoms with Crippen molar-refractivity contribution in [3.63, 3.8) is 0 Å². The molecule has 0 unspecified atom stereocenters. The molecule has 11 aromatic carbocycles. The highest BCUT2D eigenvalue weighted by Crippen LogP contribution is 2.39. The summed E-state index contributed by atoms with van der Waals surface area (Å²) in [6.45, 7) is 37.4. The molecular weight excluding hydrogens is 1080 g/mol. The van der Waals surface area contributed by atoms with E-state index in [1.807, 2.05) is 44.2 Å². The van der Waals surface area contributed by atoms with Gasteiger partial charge in [0.1, 0.15) is 17.2 Å². The largest absolute Gasteiger partial charge is 0.508 e. The van der Waals surface area contributed by atoms with Crippen molar-refractivity contribution in [1.29, 1.82) is 0 Å². The minimum absolute atomic E-state index is 0.0658. The molecule has 0 amide bonds. The topological polar surface area (TPSA) is 142 Å². The highest BCUT2D eigenvalue weighted by Gasteiger charge is 2.23. The van der Waals surface area contributed by atoms with Crippen LogP contribution in [0.25, 0.3) is 64.6 Å². The third-order valence-electron chi connectivity index (χ3n) is 19.2. The van der Waals surface area contributed by atoms with Gasteiger partial charge in [0.2, 0.25) is 0 Å². The van der Waals surface area contributed by atoms with Gasteiger partial charge in [-0.15, -0.1) is 0 Å². The van der Waals surface area contributed by atoms with Crippen LogP contribution in [0.1, 0.15) is 175 Å². The molecule has 0 saturated carbocycles. The molecule has 0 heterocycles. The van der Waals surface area contributed by atoms with Crippen LogP contribution in [-0.4, -0.2) is 35.7 Å². The van der Waals surface area contributed by atoms with Gasteiger partial charge in [-0.25, -0.2) is 0 Å². The summed E-state index contributed by atoms with van der Waals surface area (Å²) in [6.07, 6.45) is 5.50. The van der Waals surface area contributed by atoms with Crippen LogP contribution in [0.4, 0.5) is 0 Å². The highest BCUT2D eigenvalue weighted by atomic mass is 16.3. The molecule has 11 rings (SSSR count). The van der Waals surface area contributed by atoms with Crippen LogP contribution in [-0.2, 0) is 27.1 Å². The normalized spacial score (nSPS) is 12.0. The number of aromatic hydroxyl groups is 7. The molecule has 0 spiro atoms. The zero-order valence-corrected chi connectivity index (χ0v) is 55.3. The number of aryl methyl sites for hydroxylation is 2. The smallest absolute Gasteiger partial charge is 0.158 e. The van der Waals surface area contributed by atoms with Gasteiger partial charge in [-0.05, 0) is 249 Å². The lowest BCUT2D eigenvalue weighted by Crippen LogP contribution is -2.15. The van der Waals surface area contributed by atoms with Gasteiger partial charge in [-0.2, -0.15) is 0 Å². The van der Waals surface area contributed by atoms with Gasteiger partial charge in [0.25, 0.3) is 0 Å². The zero-order chi connectivity index (χ0) is 64.8. The van der Waals surface area contributed by atoms with E-state index in [0.717, 1.165) is 86.3 Å². The van der Waals surface area contributed by atoms with Crippen molar-refractivity contribution in [3.05, 3.63) is 209 Å². The number of phenols is 7. The summed E-state index contributed by atoms with van der Waals surface area (Å²) < 4.78 is 0. The summed E-state index contributed by atoms with van der Waals surface area (Å²) in [4.78, 5) is 0. The predicted molar refractivity (Wildman–Crippen MR) is 375 cm³/mol. The minimum atomic E-state index is -0.0782. The lowest BCUT2D eigenvalue weighted by molar-refractivity contribution is 0.405. The first-order valence-electron chi connectivity index (χ1n) is 31.3. The highest BCUT2D eigenvalue weighted by molar-refractivity contribution is 6.00. The molecule has 0 aromatic heterocycles. The number of hydrogen-bond donors (Lipinski definition) is 7. The average molecular weight is 1180 g/mol. The van der Waals surface area contributed by atoms with Crippen LogP contribution in [0.15, 0.2) is 170 Å². The SMILES string of the molecule is CCC(C)(C)c1cc(C)c(O)c(C)c1.CCC(C)(C)c1ccc2cc(O)c(O)cc2c1.CCC(C)(C)c1ccc2cc(O)ccc2c1.CCC(C)(C)c1ccc2cc3cc(O)c(O)cc3cc2c1.CCC(C)(C)c1ccc2cc3cc(O)ccc3cc2c1. The lowest BCUT2D eigenvalue weighted by atomic mass is 9.81. The monoisotopic (exact) mass is 1180 g/mol. The first kappa shape index (κ1) is 67.1. The summed E-state index contributed by atoms with van der Waals surface area (Å²) in [5.41, 5.74) is 9.46. The number of fused-ring (bicyclic) bond motifs is 6. The molecule has 0 aliphatic rings. The summed E-state index contributed by atoms with van der Waals surface area (Å²) >= 11 is 0. The van der Waals surface area contributed by atoms with Crippen molar-refractivity contribution in [2.24, 2.45) is 0 Å².